The number of rotatable bonds is 3. The molecule has 1 aliphatic heterocycles. The van der Waals surface area contributed by atoms with Crippen LogP contribution in [0.4, 0.5) is 0 Å². The van der Waals surface area contributed by atoms with E-state index in [-0.39, 0.29) is 11.0 Å². The molecule has 0 spiro atoms. The van der Waals surface area contributed by atoms with Crippen LogP contribution < -0.4 is 0 Å². The molecule has 0 unspecified atom stereocenters. The van der Waals surface area contributed by atoms with Crippen molar-refractivity contribution in [3.05, 3.63) is 0 Å². The van der Waals surface area contributed by atoms with Gasteiger partial charge in [0.15, 0.2) is 0 Å². The third kappa shape index (κ3) is 2.55. The standard InChI is InChI=1S/C11H17NO2/c1-10(2)8-11(9-13,4-3-6-12)5-7-14-10/h9H,3-5,7-8H2,1-2H3/t11-/m1/s1. The van der Waals surface area contributed by atoms with Gasteiger partial charge in [-0.3, -0.25) is 0 Å². The van der Waals surface area contributed by atoms with E-state index in [1.165, 1.54) is 0 Å². The van der Waals surface area contributed by atoms with Gasteiger partial charge in [0.25, 0.3) is 0 Å². The molecule has 1 aliphatic rings. The Morgan fingerprint density at radius 1 is 1.57 bits per heavy atom. The summed E-state index contributed by atoms with van der Waals surface area (Å²) in [5, 5.41) is 8.54. The zero-order chi connectivity index (χ0) is 10.7. The Morgan fingerprint density at radius 3 is 2.79 bits per heavy atom. The largest absolute Gasteiger partial charge is 0.376 e. The maximum absolute atomic E-state index is 11.1. The van der Waals surface area contributed by atoms with E-state index in [4.69, 9.17) is 10.00 Å². The van der Waals surface area contributed by atoms with Gasteiger partial charge < -0.3 is 9.53 Å². The average molecular weight is 195 g/mol. The van der Waals surface area contributed by atoms with Crippen molar-refractivity contribution >= 4 is 6.29 Å². The van der Waals surface area contributed by atoms with Crippen molar-refractivity contribution < 1.29 is 9.53 Å². The third-order valence-corrected chi connectivity index (χ3v) is 2.86. The molecule has 0 saturated carbocycles. The summed E-state index contributed by atoms with van der Waals surface area (Å²) >= 11 is 0. The minimum Gasteiger partial charge on any atom is -0.376 e. The SMILES string of the molecule is CC1(C)C[C@@](C=O)(CCC#N)CCO1. The van der Waals surface area contributed by atoms with E-state index in [0.29, 0.717) is 19.4 Å². The zero-order valence-electron chi connectivity index (χ0n) is 8.88. The Kier molecular flexibility index (Phi) is 3.28. The van der Waals surface area contributed by atoms with Gasteiger partial charge in [-0.05, 0) is 33.1 Å². The van der Waals surface area contributed by atoms with Crippen molar-refractivity contribution in [3.63, 3.8) is 0 Å². The van der Waals surface area contributed by atoms with Gasteiger partial charge >= 0.3 is 0 Å². The summed E-state index contributed by atoms with van der Waals surface area (Å²) < 4.78 is 5.56. The van der Waals surface area contributed by atoms with Crippen molar-refractivity contribution in [3.8, 4) is 6.07 Å². The highest BCUT2D eigenvalue weighted by Gasteiger charge is 2.40. The second-order valence-electron chi connectivity index (χ2n) is 4.67. The number of hydrogen-bond acceptors (Lipinski definition) is 3. The molecule has 1 heterocycles. The van der Waals surface area contributed by atoms with Crippen LogP contribution >= 0.6 is 0 Å². The lowest BCUT2D eigenvalue weighted by molar-refractivity contribution is -0.137. The first-order valence-electron chi connectivity index (χ1n) is 5.01. The molecule has 1 fully saturated rings. The first kappa shape index (κ1) is 11.2. The van der Waals surface area contributed by atoms with E-state index >= 15 is 0 Å². The van der Waals surface area contributed by atoms with Gasteiger partial charge in [0, 0.05) is 18.4 Å². The summed E-state index contributed by atoms with van der Waals surface area (Å²) in [6, 6.07) is 2.10. The molecule has 0 aliphatic carbocycles. The summed E-state index contributed by atoms with van der Waals surface area (Å²) in [4.78, 5) is 11.1. The number of carbonyl (C=O) groups excluding carboxylic acids is 1. The molecular formula is C11H17NO2. The van der Waals surface area contributed by atoms with Crippen LogP contribution in [0.3, 0.4) is 0 Å². The number of ether oxygens (including phenoxy) is 1. The normalized spacial score (nSPS) is 30.6. The van der Waals surface area contributed by atoms with Crippen LogP contribution in [-0.4, -0.2) is 18.5 Å². The summed E-state index contributed by atoms with van der Waals surface area (Å²) in [5.74, 6) is 0. The quantitative estimate of drug-likeness (QED) is 0.648. The van der Waals surface area contributed by atoms with Gasteiger partial charge in [-0.15, -0.1) is 0 Å². The van der Waals surface area contributed by atoms with E-state index in [0.717, 1.165) is 19.1 Å². The van der Waals surface area contributed by atoms with Crippen LogP contribution in [0, 0.1) is 16.7 Å². The molecule has 1 atom stereocenters. The van der Waals surface area contributed by atoms with Gasteiger partial charge in [0.05, 0.1) is 11.7 Å². The lowest BCUT2D eigenvalue weighted by Gasteiger charge is -2.41. The Hall–Kier alpha value is -0.880. The molecule has 0 aromatic carbocycles. The number of hydrogen-bond donors (Lipinski definition) is 0. The lowest BCUT2D eigenvalue weighted by Crippen LogP contribution is -2.42. The fraction of sp³-hybridized carbons (Fsp3) is 0.818. The Labute approximate surface area is 85.1 Å². The predicted octanol–water partition coefficient (Wildman–Crippen LogP) is 2.06. The third-order valence-electron chi connectivity index (χ3n) is 2.86. The zero-order valence-corrected chi connectivity index (χ0v) is 8.88. The molecule has 0 amide bonds. The molecule has 0 radical (unpaired) electrons. The molecular weight excluding hydrogens is 178 g/mol. The highest BCUT2D eigenvalue weighted by atomic mass is 16.5. The summed E-state index contributed by atoms with van der Waals surface area (Å²) in [7, 11) is 0. The van der Waals surface area contributed by atoms with Crippen molar-refractivity contribution in [1.29, 1.82) is 5.26 Å². The van der Waals surface area contributed by atoms with Crippen molar-refractivity contribution in [2.75, 3.05) is 6.61 Å². The fourth-order valence-corrected chi connectivity index (χ4v) is 2.20. The molecule has 14 heavy (non-hydrogen) atoms. The number of aldehydes is 1. The second kappa shape index (κ2) is 4.10. The molecule has 78 valence electrons. The van der Waals surface area contributed by atoms with Crippen LogP contribution in [0.15, 0.2) is 0 Å². The van der Waals surface area contributed by atoms with Gasteiger partial charge in [-0.2, -0.15) is 5.26 Å². The molecule has 1 rings (SSSR count). The highest BCUT2D eigenvalue weighted by Crippen LogP contribution is 2.40. The number of nitriles is 1. The van der Waals surface area contributed by atoms with Crippen molar-refractivity contribution in [2.24, 2.45) is 5.41 Å². The van der Waals surface area contributed by atoms with E-state index in [9.17, 15) is 4.79 Å². The van der Waals surface area contributed by atoms with E-state index in [1.54, 1.807) is 0 Å². The van der Waals surface area contributed by atoms with E-state index < -0.39 is 0 Å². The van der Waals surface area contributed by atoms with E-state index in [2.05, 4.69) is 6.07 Å². The Morgan fingerprint density at radius 2 is 2.29 bits per heavy atom. The molecule has 3 heteroatoms. The van der Waals surface area contributed by atoms with Crippen LogP contribution in [0.25, 0.3) is 0 Å². The first-order chi connectivity index (χ1) is 6.54. The van der Waals surface area contributed by atoms with E-state index in [1.807, 2.05) is 13.8 Å². The molecule has 3 nitrogen and oxygen atoms in total. The monoisotopic (exact) mass is 195 g/mol. The average Bonchev–Trinajstić information content (AvgIpc) is 2.13. The van der Waals surface area contributed by atoms with Crippen LogP contribution in [0.5, 0.6) is 0 Å². The maximum Gasteiger partial charge on any atom is 0.126 e. The summed E-state index contributed by atoms with van der Waals surface area (Å²) in [6.45, 7) is 4.62. The second-order valence-corrected chi connectivity index (χ2v) is 4.67. The minimum atomic E-state index is -0.322. The van der Waals surface area contributed by atoms with Crippen molar-refractivity contribution in [2.45, 2.75) is 45.1 Å². The smallest absolute Gasteiger partial charge is 0.126 e. The van der Waals surface area contributed by atoms with Gasteiger partial charge in [-0.1, -0.05) is 0 Å². The molecule has 0 N–H and O–H groups in total. The Balaban J connectivity index is 2.69. The maximum atomic E-state index is 11.1. The van der Waals surface area contributed by atoms with Gasteiger partial charge in [0.1, 0.15) is 6.29 Å². The Bertz CT molecular complexity index is 255. The fourth-order valence-electron chi connectivity index (χ4n) is 2.20. The molecule has 0 bridgehead atoms. The van der Waals surface area contributed by atoms with Crippen LogP contribution in [0.1, 0.15) is 39.5 Å². The van der Waals surface area contributed by atoms with Crippen LogP contribution in [0.2, 0.25) is 0 Å². The van der Waals surface area contributed by atoms with Crippen molar-refractivity contribution in [1.82, 2.24) is 0 Å². The molecule has 0 aromatic rings. The topological polar surface area (TPSA) is 50.1 Å². The van der Waals surface area contributed by atoms with Crippen LogP contribution in [-0.2, 0) is 9.53 Å². The predicted molar refractivity (Wildman–Crippen MR) is 52.6 cm³/mol. The minimum absolute atomic E-state index is 0.228. The van der Waals surface area contributed by atoms with Gasteiger partial charge in [0.2, 0.25) is 0 Å². The number of carbonyl (C=O) groups is 1. The number of nitrogens with zero attached hydrogens (tertiary/aromatic N) is 1. The highest BCUT2D eigenvalue weighted by molar-refractivity contribution is 5.59. The first-order valence-corrected chi connectivity index (χ1v) is 5.01. The molecule has 1 saturated heterocycles. The summed E-state index contributed by atoms with van der Waals surface area (Å²) in [5.41, 5.74) is -0.550. The lowest BCUT2D eigenvalue weighted by atomic mass is 9.72. The molecule has 0 aromatic heterocycles. The van der Waals surface area contributed by atoms with Gasteiger partial charge in [-0.25, -0.2) is 0 Å². The summed E-state index contributed by atoms with van der Waals surface area (Å²) in [6.07, 6.45) is 3.62.